The quantitative estimate of drug-likeness (QED) is 0.644. The summed E-state index contributed by atoms with van der Waals surface area (Å²) in [5, 5.41) is 0. The highest BCUT2D eigenvalue weighted by Crippen LogP contribution is 2.55. The minimum Gasteiger partial charge on any atom is -0.326 e. The standard InChI is InChI=1S/C12H16F3NO/c1-11-5-7-2-8(6-11)4-9(3-7)16(11)10(17)12(13,14)15/h7-9H,2-6H2,1H3. The molecule has 2 nitrogen and oxygen atoms in total. The number of carbonyl (C=O) groups excluding carboxylic acids is 1. The zero-order chi connectivity index (χ0) is 12.4. The van der Waals surface area contributed by atoms with Crippen LogP contribution in [0.15, 0.2) is 0 Å². The minimum absolute atomic E-state index is 0.166. The molecule has 2 aliphatic carbocycles. The van der Waals surface area contributed by atoms with E-state index in [0.717, 1.165) is 32.1 Å². The first-order chi connectivity index (χ1) is 7.79. The van der Waals surface area contributed by atoms with Crippen LogP contribution in [0.3, 0.4) is 0 Å². The van der Waals surface area contributed by atoms with Gasteiger partial charge in [0.1, 0.15) is 0 Å². The largest absolute Gasteiger partial charge is 0.471 e. The van der Waals surface area contributed by atoms with Gasteiger partial charge in [-0.25, -0.2) is 0 Å². The van der Waals surface area contributed by atoms with Gasteiger partial charge in [0.15, 0.2) is 0 Å². The van der Waals surface area contributed by atoms with Crippen molar-refractivity contribution in [3.05, 3.63) is 0 Å². The summed E-state index contributed by atoms with van der Waals surface area (Å²) >= 11 is 0. The van der Waals surface area contributed by atoms with E-state index in [1.807, 2.05) is 6.92 Å². The molecule has 1 amide bonds. The number of carbonyl (C=O) groups is 1. The predicted octanol–water partition coefficient (Wildman–Crippen LogP) is 2.73. The van der Waals surface area contributed by atoms with Gasteiger partial charge in [-0.3, -0.25) is 4.79 Å². The van der Waals surface area contributed by atoms with E-state index >= 15 is 0 Å². The van der Waals surface area contributed by atoms with Gasteiger partial charge >= 0.3 is 12.1 Å². The first kappa shape index (κ1) is 11.4. The number of amides is 1. The smallest absolute Gasteiger partial charge is 0.326 e. The summed E-state index contributed by atoms with van der Waals surface area (Å²) in [6.07, 6.45) is -0.524. The lowest BCUT2D eigenvalue weighted by Gasteiger charge is -2.62. The molecule has 0 N–H and O–H groups in total. The van der Waals surface area contributed by atoms with Crippen molar-refractivity contribution in [1.82, 2.24) is 4.90 Å². The first-order valence-electron chi connectivity index (χ1n) is 6.20. The summed E-state index contributed by atoms with van der Waals surface area (Å²) in [5.74, 6) is -0.548. The molecule has 0 aromatic carbocycles. The molecule has 4 fully saturated rings. The molecule has 5 heteroatoms. The van der Waals surface area contributed by atoms with Crippen molar-refractivity contribution in [2.75, 3.05) is 0 Å². The SMILES string of the molecule is CC12CC3CC(CC(C3)N1C(=O)C(F)(F)F)C2. The van der Waals surface area contributed by atoms with Gasteiger partial charge in [0.25, 0.3) is 0 Å². The fourth-order valence-corrected chi connectivity index (χ4v) is 4.59. The van der Waals surface area contributed by atoms with Crippen molar-refractivity contribution in [1.29, 1.82) is 0 Å². The molecule has 0 aromatic rings. The van der Waals surface area contributed by atoms with E-state index in [-0.39, 0.29) is 6.04 Å². The molecule has 4 rings (SSSR count). The van der Waals surface area contributed by atoms with Crippen molar-refractivity contribution in [2.45, 2.75) is 56.8 Å². The van der Waals surface area contributed by atoms with E-state index in [4.69, 9.17) is 0 Å². The third-order valence-corrected chi connectivity index (χ3v) is 4.74. The summed E-state index contributed by atoms with van der Waals surface area (Å²) in [6, 6.07) is -0.166. The Labute approximate surface area is 98.2 Å². The summed E-state index contributed by atoms with van der Waals surface area (Å²) in [5.41, 5.74) is -0.540. The maximum Gasteiger partial charge on any atom is 0.471 e. The molecular formula is C12H16F3NO. The number of piperidine rings is 2. The predicted molar refractivity (Wildman–Crippen MR) is 55.2 cm³/mol. The summed E-state index contributed by atoms with van der Waals surface area (Å²) in [4.78, 5) is 12.7. The Morgan fingerprint density at radius 3 is 2.12 bits per heavy atom. The van der Waals surface area contributed by atoms with Crippen LogP contribution >= 0.6 is 0 Å². The zero-order valence-corrected chi connectivity index (χ0v) is 9.76. The van der Waals surface area contributed by atoms with Crippen molar-refractivity contribution < 1.29 is 18.0 Å². The van der Waals surface area contributed by atoms with E-state index < -0.39 is 17.6 Å². The minimum atomic E-state index is -4.72. The first-order valence-corrected chi connectivity index (χ1v) is 6.20. The monoisotopic (exact) mass is 247 g/mol. The van der Waals surface area contributed by atoms with E-state index in [1.165, 1.54) is 4.90 Å². The molecule has 96 valence electrons. The van der Waals surface area contributed by atoms with E-state index in [9.17, 15) is 18.0 Å². The van der Waals surface area contributed by atoms with Gasteiger partial charge in [-0.1, -0.05) is 0 Å². The molecule has 2 saturated carbocycles. The van der Waals surface area contributed by atoms with Crippen molar-refractivity contribution in [2.24, 2.45) is 11.8 Å². The summed E-state index contributed by atoms with van der Waals surface area (Å²) < 4.78 is 37.9. The Balaban J connectivity index is 1.93. The van der Waals surface area contributed by atoms with Crippen LogP contribution in [0, 0.1) is 11.8 Å². The molecule has 0 aromatic heterocycles. The van der Waals surface area contributed by atoms with Gasteiger partial charge in [-0.05, 0) is 50.9 Å². The van der Waals surface area contributed by atoms with Crippen molar-refractivity contribution >= 4 is 5.91 Å². The number of hydrogen-bond donors (Lipinski definition) is 0. The van der Waals surface area contributed by atoms with Crippen LogP contribution in [0.4, 0.5) is 13.2 Å². The van der Waals surface area contributed by atoms with Crippen LogP contribution in [0.1, 0.15) is 39.0 Å². The number of rotatable bonds is 0. The molecule has 17 heavy (non-hydrogen) atoms. The maximum absolute atomic E-state index is 12.6. The van der Waals surface area contributed by atoms with Crippen LogP contribution < -0.4 is 0 Å². The van der Waals surface area contributed by atoms with Gasteiger partial charge in [0, 0.05) is 11.6 Å². The van der Waals surface area contributed by atoms with Gasteiger partial charge in [0.2, 0.25) is 0 Å². The van der Waals surface area contributed by atoms with Crippen LogP contribution in [0.25, 0.3) is 0 Å². The second-order valence-electron chi connectivity index (χ2n) is 6.17. The van der Waals surface area contributed by atoms with E-state index in [0.29, 0.717) is 11.8 Å². The van der Waals surface area contributed by atoms with Gasteiger partial charge in [0.05, 0.1) is 0 Å². The number of halogens is 3. The second-order valence-corrected chi connectivity index (χ2v) is 6.17. The highest BCUT2D eigenvalue weighted by molar-refractivity contribution is 5.83. The van der Waals surface area contributed by atoms with Gasteiger partial charge in [-0.15, -0.1) is 0 Å². The maximum atomic E-state index is 12.6. The van der Waals surface area contributed by atoms with Crippen LogP contribution in [0.2, 0.25) is 0 Å². The molecule has 2 heterocycles. The topological polar surface area (TPSA) is 20.3 Å². The third-order valence-electron chi connectivity index (χ3n) is 4.74. The van der Waals surface area contributed by atoms with Crippen LogP contribution in [-0.2, 0) is 4.79 Å². The number of hydrogen-bond acceptors (Lipinski definition) is 1. The van der Waals surface area contributed by atoms with Gasteiger partial charge < -0.3 is 4.90 Å². The molecule has 0 spiro atoms. The molecule has 2 unspecified atom stereocenters. The Kier molecular flexibility index (Phi) is 2.12. The Morgan fingerprint density at radius 2 is 1.71 bits per heavy atom. The lowest BCUT2D eigenvalue weighted by molar-refractivity contribution is -0.210. The third kappa shape index (κ3) is 1.58. The summed E-state index contributed by atoms with van der Waals surface area (Å²) in [7, 11) is 0. The molecule has 4 bridgehead atoms. The number of nitrogens with zero attached hydrogens (tertiary/aromatic N) is 1. The summed E-state index contributed by atoms with van der Waals surface area (Å²) in [6.45, 7) is 1.83. The molecular weight excluding hydrogens is 231 g/mol. The average Bonchev–Trinajstić information content (AvgIpc) is 2.12. The molecule has 2 atom stereocenters. The Morgan fingerprint density at radius 1 is 1.18 bits per heavy atom. The average molecular weight is 247 g/mol. The van der Waals surface area contributed by atoms with Gasteiger partial charge in [-0.2, -0.15) is 13.2 Å². The van der Waals surface area contributed by atoms with E-state index in [1.54, 1.807) is 0 Å². The molecule has 2 aliphatic heterocycles. The highest BCUT2D eigenvalue weighted by Gasteiger charge is 2.59. The molecule has 4 aliphatic rings. The Hall–Kier alpha value is -0.740. The van der Waals surface area contributed by atoms with Crippen molar-refractivity contribution in [3.63, 3.8) is 0 Å². The second kappa shape index (κ2) is 3.18. The fourth-order valence-electron chi connectivity index (χ4n) is 4.59. The van der Waals surface area contributed by atoms with Crippen LogP contribution in [0.5, 0.6) is 0 Å². The Bertz CT molecular complexity index is 351. The van der Waals surface area contributed by atoms with E-state index in [2.05, 4.69) is 0 Å². The lowest BCUT2D eigenvalue weighted by atomic mass is 9.58. The van der Waals surface area contributed by atoms with Crippen LogP contribution in [-0.4, -0.2) is 28.6 Å². The molecule has 0 radical (unpaired) electrons. The normalized spacial score (nSPS) is 44.2. The van der Waals surface area contributed by atoms with Crippen molar-refractivity contribution in [3.8, 4) is 0 Å². The fraction of sp³-hybridized carbons (Fsp3) is 0.917. The zero-order valence-electron chi connectivity index (χ0n) is 9.76. The lowest BCUT2D eigenvalue weighted by Crippen LogP contribution is -2.68. The highest BCUT2D eigenvalue weighted by atomic mass is 19.4. The number of alkyl halides is 3. The molecule has 2 saturated heterocycles.